The molecule has 4 nitrogen and oxygen atoms in total. The topological polar surface area (TPSA) is 46.4 Å². The van der Waals surface area contributed by atoms with Crippen molar-refractivity contribution in [3.05, 3.63) is 71.8 Å². The van der Waals surface area contributed by atoms with Crippen LogP contribution in [0, 0.1) is 0 Å². The van der Waals surface area contributed by atoms with Crippen LogP contribution < -0.4 is 5.32 Å². The first-order valence-corrected chi connectivity index (χ1v) is 7.07. The molecule has 0 spiro atoms. The van der Waals surface area contributed by atoms with Crippen molar-refractivity contribution in [2.75, 3.05) is 0 Å². The van der Waals surface area contributed by atoms with E-state index in [4.69, 9.17) is 0 Å². The first-order chi connectivity index (χ1) is 10.3. The van der Waals surface area contributed by atoms with Crippen LogP contribution >= 0.6 is 0 Å². The van der Waals surface area contributed by atoms with Gasteiger partial charge in [0, 0.05) is 19.2 Å². The summed E-state index contributed by atoms with van der Waals surface area (Å²) in [5.41, 5.74) is 2.41. The van der Waals surface area contributed by atoms with E-state index >= 15 is 0 Å². The van der Waals surface area contributed by atoms with Crippen molar-refractivity contribution >= 4 is 11.4 Å². The second-order valence-corrected chi connectivity index (χ2v) is 4.85. The molecular weight excluding hydrogens is 262 g/mol. The molecular formula is C17H17N3O. The van der Waals surface area contributed by atoms with Gasteiger partial charge in [-0.2, -0.15) is 0 Å². The summed E-state index contributed by atoms with van der Waals surface area (Å²) < 4.78 is 1.97. The van der Waals surface area contributed by atoms with Crippen molar-refractivity contribution in [3.63, 3.8) is 0 Å². The number of nitrogens with zero attached hydrogens (tertiary/aromatic N) is 2. The molecule has 0 bridgehead atoms. The van der Waals surface area contributed by atoms with E-state index in [1.165, 1.54) is 0 Å². The summed E-state index contributed by atoms with van der Waals surface area (Å²) in [5, 5.41) is 2.93. The molecule has 1 amide bonds. The Balaban J connectivity index is 1.85. The summed E-state index contributed by atoms with van der Waals surface area (Å²) in [6.07, 6.45) is 2.73. The third-order valence-electron chi connectivity index (χ3n) is 3.45. The molecule has 0 aliphatic heterocycles. The summed E-state index contributed by atoms with van der Waals surface area (Å²) in [6.45, 7) is 2.54. The fourth-order valence-electron chi connectivity index (χ4n) is 2.38. The van der Waals surface area contributed by atoms with Crippen molar-refractivity contribution in [1.29, 1.82) is 0 Å². The molecule has 2 aromatic heterocycles. The third-order valence-corrected chi connectivity index (χ3v) is 3.45. The van der Waals surface area contributed by atoms with Crippen LogP contribution in [0.25, 0.3) is 5.52 Å². The number of pyridine rings is 1. The molecule has 106 valence electrons. The highest BCUT2D eigenvalue weighted by Crippen LogP contribution is 2.13. The number of amides is 1. The molecule has 1 aromatic carbocycles. The maximum absolute atomic E-state index is 12.4. The molecule has 3 rings (SSSR count). The van der Waals surface area contributed by atoms with Crippen LogP contribution in [0.1, 0.15) is 28.8 Å². The van der Waals surface area contributed by atoms with Crippen LogP contribution in [0.5, 0.6) is 0 Å². The Morgan fingerprint density at radius 3 is 2.67 bits per heavy atom. The van der Waals surface area contributed by atoms with E-state index < -0.39 is 0 Å². The first-order valence-electron chi connectivity index (χ1n) is 7.07. The Kier molecular flexibility index (Phi) is 3.69. The minimum absolute atomic E-state index is 0.137. The van der Waals surface area contributed by atoms with Crippen molar-refractivity contribution in [1.82, 2.24) is 14.7 Å². The summed E-state index contributed by atoms with van der Waals surface area (Å²) >= 11 is 0. The van der Waals surface area contributed by atoms with Crippen LogP contribution in [0.3, 0.4) is 0 Å². The van der Waals surface area contributed by atoms with Gasteiger partial charge in [0.2, 0.25) is 0 Å². The summed E-state index contributed by atoms with van der Waals surface area (Å²) in [7, 11) is 0. The number of hydrogen-bond donors (Lipinski definition) is 1. The van der Waals surface area contributed by atoms with Gasteiger partial charge in [0.15, 0.2) is 5.69 Å². The molecule has 0 aliphatic carbocycles. The molecule has 0 saturated carbocycles. The predicted octanol–water partition coefficient (Wildman–Crippen LogP) is 2.83. The van der Waals surface area contributed by atoms with Crippen molar-refractivity contribution in [2.45, 2.75) is 19.9 Å². The van der Waals surface area contributed by atoms with E-state index in [2.05, 4.69) is 10.3 Å². The number of carbonyl (C=O) groups excluding carboxylic acids is 1. The second kappa shape index (κ2) is 5.79. The lowest BCUT2D eigenvalue weighted by Crippen LogP contribution is -2.23. The van der Waals surface area contributed by atoms with E-state index in [-0.39, 0.29) is 5.91 Å². The van der Waals surface area contributed by atoms with Crippen molar-refractivity contribution < 1.29 is 4.79 Å². The maximum atomic E-state index is 12.4. The van der Waals surface area contributed by atoms with Gasteiger partial charge < -0.3 is 9.72 Å². The van der Waals surface area contributed by atoms with Gasteiger partial charge >= 0.3 is 0 Å². The van der Waals surface area contributed by atoms with Gasteiger partial charge in [0.1, 0.15) is 5.82 Å². The van der Waals surface area contributed by atoms with Gasteiger partial charge in [-0.05, 0) is 17.7 Å². The fraction of sp³-hybridized carbons (Fsp3) is 0.176. The van der Waals surface area contributed by atoms with Gasteiger partial charge in [-0.15, -0.1) is 0 Å². The zero-order valence-corrected chi connectivity index (χ0v) is 11.9. The summed E-state index contributed by atoms with van der Waals surface area (Å²) in [4.78, 5) is 16.8. The highest BCUT2D eigenvalue weighted by Gasteiger charge is 2.15. The van der Waals surface area contributed by atoms with Crippen LogP contribution in [0.4, 0.5) is 0 Å². The van der Waals surface area contributed by atoms with E-state index in [0.717, 1.165) is 23.3 Å². The standard InChI is InChI=1S/C17H17N3O/c1-2-15-19-16(14-10-6-7-11-20(14)15)17(21)18-12-13-8-4-3-5-9-13/h3-11H,2,12H2,1H3,(H,18,21). The minimum Gasteiger partial charge on any atom is -0.347 e. The Morgan fingerprint density at radius 2 is 1.90 bits per heavy atom. The molecule has 2 heterocycles. The van der Waals surface area contributed by atoms with Crippen molar-refractivity contribution in [3.8, 4) is 0 Å². The van der Waals surface area contributed by atoms with Gasteiger partial charge in [-0.3, -0.25) is 4.79 Å². The zero-order valence-electron chi connectivity index (χ0n) is 11.9. The quantitative estimate of drug-likeness (QED) is 0.798. The third kappa shape index (κ3) is 2.65. The lowest BCUT2D eigenvalue weighted by Gasteiger charge is -2.03. The minimum atomic E-state index is -0.137. The normalized spacial score (nSPS) is 10.7. The number of aryl methyl sites for hydroxylation is 1. The number of hydrogen-bond acceptors (Lipinski definition) is 2. The van der Waals surface area contributed by atoms with E-state index in [1.54, 1.807) is 0 Å². The molecule has 0 saturated heterocycles. The lowest BCUT2D eigenvalue weighted by molar-refractivity contribution is 0.0948. The number of imidazole rings is 1. The zero-order chi connectivity index (χ0) is 14.7. The van der Waals surface area contributed by atoms with E-state index in [0.29, 0.717) is 12.2 Å². The average Bonchev–Trinajstić information content (AvgIpc) is 2.92. The smallest absolute Gasteiger partial charge is 0.272 e. The monoisotopic (exact) mass is 279 g/mol. The first kappa shape index (κ1) is 13.4. The second-order valence-electron chi connectivity index (χ2n) is 4.85. The van der Waals surface area contributed by atoms with Crippen LogP contribution in [-0.2, 0) is 13.0 Å². The highest BCUT2D eigenvalue weighted by molar-refractivity contribution is 5.99. The van der Waals surface area contributed by atoms with Crippen LogP contribution in [-0.4, -0.2) is 15.3 Å². The Labute approximate surface area is 123 Å². The van der Waals surface area contributed by atoms with Crippen LogP contribution in [0.15, 0.2) is 54.7 Å². The number of benzene rings is 1. The Morgan fingerprint density at radius 1 is 1.14 bits per heavy atom. The molecule has 0 aliphatic rings. The van der Waals surface area contributed by atoms with E-state index in [1.807, 2.05) is 66.1 Å². The predicted molar refractivity (Wildman–Crippen MR) is 82.2 cm³/mol. The Hall–Kier alpha value is -2.62. The van der Waals surface area contributed by atoms with Gasteiger partial charge in [-0.25, -0.2) is 4.98 Å². The number of aromatic nitrogens is 2. The molecule has 0 radical (unpaired) electrons. The highest BCUT2D eigenvalue weighted by atomic mass is 16.1. The average molecular weight is 279 g/mol. The number of carbonyl (C=O) groups is 1. The number of nitrogens with one attached hydrogen (secondary N) is 1. The van der Waals surface area contributed by atoms with Crippen LogP contribution in [0.2, 0.25) is 0 Å². The summed E-state index contributed by atoms with van der Waals surface area (Å²) in [5.74, 6) is 0.762. The largest absolute Gasteiger partial charge is 0.347 e. The molecule has 0 unspecified atom stereocenters. The van der Waals surface area contributed by atoms with Gasteiger partial charge in [0.05, 0.1) is 5.52 Å². The summed E-state index contributed by atoms with van der Waals surface area (Å²) in [6, 6.07) is 15.6. The molecule has 0 atom stereocenters. The molecule has 0 fully saturated rings. The van der Waals surface area contributed by atoms with E-state index in [9.17, 15) is 4.79 Å². The van der Waals surface area contributed by atoms with Gasteiger partial charge in [-0.1, -0.05) is 43.3 Å². The molecule has 3 aromatic rings. The maximum Gasteiger partial charge on any atom is 0.272 e. The number of rotatable bonds is 4. The molecule has 21 heavy (non-hydrogen) atoms. The molecule has 1 N–H and O–H groups in total. The SMILES string of the molecule is CCc1nc(C(=O)NCc2ccccc2)c2ccccn12. The lowest BCUT2D eigenvalue weighted by atomic mass is 10.2. The van der Waals surface area contributed by atoms with Gasteiger partial charge in [0.25, 0.3) is 5.91 Å². The molecule has 4 heteroatoms. The fourth-order valence-corrected chi connectivity index (χ4v) is 2.38. The Bertz CT molecular complexity index is 762. The van der Waals surface area contributed by atoms with Crippen molar-refractivity contribution in [2.24, 2.45) is 0 Å². The number of fused-ring (bicyclic) bond motifs is 1.